The van der Waals surface area contributed by atoms with Crippen molar-refractivity contribution in [3.8, 4) is 5.75 Å². The third kappa shape index (κ3) is 4.43. The largest absolute Gasteiger partial charge is 0.488 e. The third-order valence-electron chi connectivity index (χ3n) is 3.73. The quantitative estimate of drug-likeness (QED) is 0.759. The SMILES string of the molecule is CN(CCCS(=O)(=O)N(C)C)C[C@H]1Cc2ccccc2O1. The van der Waals surface area contributed by atoms with Gasteiger partial charge in [0.2, 0.25) is 10.0 Å². The lowest BCUT2D eigenvalue weighted by Crippen LogP contribution is -2.34. The average molecular weight is 312 g/mol. The van der Waals surface area contributed by atoms with Crippen LogP contribution in [0.1, 0.15) is 12.0 Å². The van der Waals surface area contributed by atoms with Crippen LogP contribution in [0.2, 0.25) is 0 Å². The summed E-state index contributed by atoms with van der Waals surface area (Å²) >= 11 is 0. The fourth-order valence-corrected chi connectivity index (χ4v) is 3.35. The van der Waals surface area contributed by atoms with Crippen LogP contribution in [0.25, 0.3) is 0 Å². The van der Waals surface area contributed by atoms with Crippen molar-refractivity contribution >= 4 is 10.0 Å². The van der Waals surface area contributed by atoms with Gasteiger partial charge in [0.25, 0.3) is 0 Å². The molecule has 0 saturated carbocycles. The molecule has 0 aromatic heterocycles. The van der Waals surface area contributed by atoms with E-state index in [1.54, 1.807) is 14.1 Å². The van der Waals surface area contributed by atoms with Crippen molar-refractivity contribution in [2.75, 3.05) is 40.0 Å². The molecule has 1 heterocycles. The van der Waals surface area contributed by atoms with E-state index in [9.17, 15) is 8.42 Å². The monoisotopic (exact) mass is 312 g/mol. The summed E-state index contributed by atoms with van der Waals surface area (Å²) in [6.07, 6.45) is 1.73. The Morgan fingerprint density at radius 2 is 1.95 bits per heavy atom. The van der Waals surface area contributed by atoms with Crippen LogP contribution in [0, 0.1) is 0 Å². The summed E-state index contributed by atoms with van der Waals surface area (Å²) in [7, 11) is 2.06. The number of fused-ring (bicyclic) bond motifs is 1. The predicted octanol–water partition coefficient (Wildman–Crippen LogP) is 1.20. The number of benzene rings is 1. The van der Waals surface area contributed by atoms with Gasteiger partial charge in [-0.25, -0.2) is 12.7 Å². The van der Waals surface area contributed by atoms with Gasteiger partial charge in [-0.2, -0.15) is 0 Å². The predicted molar refractivity (Wildman–Crippen MR) is 84.1 cm³/mol. The van der Waals surface area contributed by atoms with Gasteiger partial charge in [0.1, 0.15) is 11.9 Å². The highest BCUT2D eigenvalue weighted by Crippen LogP contribution is 2.28. The summed E-state index contributed by atoms with van der Waals surface area (Å²) in [4.78, 5) is 2.14. The highest BCUT2D eigenvalue weighted by atomic mass is 32.2. The summed E-state index contributed by atoms with van der Waals surface area (Å²) in [5.74, 6) is 1.17. The van der Waals surface area contributed by atoms with Gasteiger partial charge in [0.15, 0.2) is 0 Å². The van der Waals surface area contributed by atoms with Crippen LogP contribution in [-0.4, -0.2) is 63.7 Å². The number of para-hydroxylation sites is 1. The van der Waals surface area contributed by atoms with Gasteiger partial charge in [-0.15, -0.1) is 0 Å². The first kappa shape index (κ1) is 16.3. The first-order chi connectivity index (χ1) is 9.88. The van der Waals surface area contributed by atoms with Crippen molar-refractivity contribution in [3.63, 3.8) is 0 Å². The van der Waals surface area contributed by atoms with Gasteiger partial charge in [0.05, 0.1) is 5.75 Å². The standard InChI is InChI=1S/C15H24N2O3S/c1-16(2)21(18,19)10-6-9-17(3)12-14-11-13-7-4-5-8-15(13)20-14/h4-5,7-8,14H,6,9-12H2,1-3H3/t14-/m1/s1. The van der Waals surface area contributed by atoms with Crippen LogP contribution in [0.3, 0.4) is 0 Å². The minimum Gasteiger partial charge on any atom is -0.488 e. The molecule has 6 heteroatoms. The van der Waals surface area contributed by atoms with E-state index in [0.29, 0.717) is 6.42 Å². The second-order valence-corrected chi connectivity index (χ2v) is 8.07. The van der Waals surface area contributed by atoms with Gasteiger partial charge in [-0.3, -0.25) is 0 Å². The summed E-state index contributed by atoms with van der Waals surface area (Å²) in [5.41, 5.74) is 1.26. The highest BCUT2D eigenvalue weighted by molar-refractivity contribution is 7.89. The Balaban J connectivity index is 1.73. The molecule has 0 aliphatic carbocycles. The molecule has 1 atom stereocenters. The number of rotatable bonds is 7. The molecule has 118 valence electrons. The summed E-state index contributed by atoms with van der Waals surface area (Å²) < 4.78 is 30.6. The topological polar surface area (TPSA) is 49.9 Å². The maximum Gasteiger partial charge on any atom is 0.213 e. The summed E-state index contributed by atoms with van der Waals surface area (Å²) in [6.45, 7) is 1.57. The Labute approximate surface area is 127 Å². The van der Waals surface area contributed by atoms with Gasteiger partial charge < -0.3 is 9.64 Å². The third-order valence-corrected chi connectivity index (χ3v) is 5.64. The van der Waals surface area contributed by atoms with Crippen molar-refractivity contribution in [2.45, 2.75) is 18.9 Å². The Kier molecular flexibility index (Phi) is 5.24. The zero-order valence-electron chi connectivity index (χ0n) is 12.9. The van der Waals surface area contributed by atoms with E-state index in [0.717, 1.165) is 25.3 Å². The van der Waals surface area contributed by atoms with Gasteiger partial charge in [-0.05, 0) is 31.6 Å². The molecule has 0 radical (unpaired) electrons. The Morgan fingerprint density at radius 1 is 1.24 bits per heavy atom. The lowest BCUT2D eigenvalue weighted by Gasteiger charge is -2.21. The van der Waals surface area contributed by atoms with Gasteiger partial charge in [-0.1, -0.05) is 18.2 Å². The molecule has 5 nitrogen and oxygen atoms in total. The lowest BCUT2D eigenvalue weighted by atomic mass is 10.1. The molecule has 1 aromatic carbocycles. The Bertz CT molecular complexity index is 547. The fourth-order valence-electron chi connectivity index (χ4n) is 2.49. The highest BCUT2D eigenvalue weighted by Gasteiger charge is 2.23. The van der Waals surface area contributed by atoms with Crippen LogP contribution >= 0.6 is 0 Å². The molecule has 0 bridgehead atoms. The zero-order chi connectivity index (χ0) is 15.5. The molecule has 0 unspecified atom stereocenters. The van der Waals surface area contributed by atoms with Crippen LogP contribution < -0.4 is 4.74 Å². The van der Waals surface area contributed by atoms with Crippen LogP contribution in [0.15, 0.2) is 24.3 Å². The zero-order valence-corrected chi connectivity index (χ0v) is 13.8. The average Bonchev–Trinajstić information content (AvgIpc) is 2.80. The van der Waals surface area contributed by atoms with E-state index >= 15 is 0 Å². The molecule has 0 saturated heterocycles. The smallest absolute Gasteiger partial charge is 0.213 e. The Morgan fingerprint density at radius 3 is 2.62 bits per heavy atom. The van der Waals surface area contributed by atoms with Crippen LogP contribution in [0.4, 0.5) is 0 Å². The van der Waals surface area contributed by atoms with E-state index in [4.69, 9.17) is 4.74 Å². The molecular weight excluding hydrogens is 288 g/mol. The molecule has 1 aromatic rings. The second kappa shape index (κ2) is 6.77. The van der Waals surface area contributed by atoms with E-state index in [1.165, 1.54) is 9.87 Å². The molecule has 0 fully saturated rings. The van der Waals surface area contributed by atoms with E-state index in [2.05, 4.69) is 11.0 Å². The molecule has 2 rings (SSSR count). The summed E-state index contributed by atoms with van der Waals surface area (Å²) in [6, 6.07) is 8.11. The van der Waals surface area contributed by atoms with Crippen LogP contribution in [0.5, 0.6) is 5.75 Å². The van der Waals surface area contributed by atoms with Crippen molar-refractivity contribution in [2.24, 2.45) is 0 Å². The number of likely N-dealkylation sites (N-methyl/N-ethyl adjacent to an activating group) is 1. The molecule has 0 spiro atoms. The maximum atomic E-state index is 11.7. The normalized spacial score (nSPS) is 18.0. The fraction of sp³-hybridized carbons (Fsp3) is 0.600. The molecule has 1 aliphatic heterocycles. The number of hydrogen-bond donors (Lipinski definition) is 0. The maximum absolute atomic E-state index is 11.7. The van der Waals surface area contributed by atoms with E-state index < -0.39 is 10.0 Å². The molecule has 0 N–H and O–H groups in total. The second-order valence-electron chi connectivity index (χ2n) is 5.77. The van der Waals surface area contributed by atoms with Crippen molar-refractivity contribution in [1.82, 2.24) is 9.21 Å². The number of ether oxygens (including phenoxy) is 1. The number of hydrogen-bond acceptors (Lipinski definition) is 4. The molecule has 21 heavy (non-hydrogen) atoms. The molecule has 1 aliphatic rings. The van der Waals surface area contributed by atoms with Crippen LogP contribution in [-0.2, 0) is 16.4 Å². The summed E-state index contributed by atoms with van der Waals surface area (Å²) in [5, 5.41) is 0. The van der Waals surface area contributed by atoms with Crippen molar-refractivity contribution in [3.05, 3.63) is 29.8 Å². The van der Waals surface area contributed by atoms with E-state index in [1.807, 2.05) is 25.2 Å². The molecular formula is C15H24N2O3S. The van der Waals surface area contributed by atoms with E-state index in [-0.39, 0.29) is 11.9 Å². The van der Waals surface area contributed by atoms with Gasteiger partial charge in [0, 0.05) is 27.1 Å². The first-order valence-corrected chi connectivity index (χ1v) is 8.83. The number of nitrogens with zero attached hydrogens (tertiary/aromatic N) is 2. The Hall–Kier alpha value is -1.11. The van der Waals surface area contributed by atoms with Gasteiger partial charge >= 0.3 is 0 Å². The van der Waals surface area contributed by atoms with Crippen molar-refractivity contribution in [1.29, 1.82) is 0 Å². The minimum absolute atomic E-state index is 0.165. The number of sulfonamides is 1. The first-order valence-electron chi connectivity index (χ1n) is 7.22. The lowest BCUT2D eigenvalue weighted by molar-refractivity contribution is 0.169. The minimum atomic E-state index is -3.09. The van der Waals surface area contributed by atoms with Crippen molar-refractivity contribution < 1.29 is 13.2 Å². The molecule has 0 amide bonds.